The van der Waals surface area contributed by atoms with Gasteiger partial charge in [-0.05, 0) is 25.1 Å². The number of hydrogen-bond acceptors (Lipinski definition) is 4. The second-order valence-electron chi connectivity index (χ2n) is 3.93. The molecule has 0 saturated heterocycles. The molecule has 0 fully saturated rings. The van der Waals surface area contributed by atoms with Crippen LogP contribution in [0, 0.1) is 24.6 Å². The average Bonchev–Trinajstić information content (AvgIpc) is 2.83. The van der Waals surface area contributed by atoms with E-state index in [2.05, 4.69) is 22.3 Å². The summed E-state index contributed by atoms with van der Waals surface area (Å²) in [6.07, 6.45) is 0. The van der Waals surface area contributed by atoms with Gasteiger partial charge in [-0.25, -0.2) is 4.39 Å². The number of rotatable bonds is 2. The summed E-state index contributed by atoms with van der Waals surface area (Å²) >= 11 is 0. The number of anilines is 1. The topological polar surface area (TPSA) is 75.4 Å². The molecule has 1 heterocycles. The highest BCUT2D eigenvalue weighted by molar-refractivity contribution is 6.04. The van der Waals surface area contributed by atoms with Crippen LogP contribution in [0.15, 0.2) is 28.8 Å². The first-order chi connectivity index (χ1) is 9.60. The lowest BCUT2D eigenvalue weighted by molar-refractivity contribution is 0.102. The predicted molar refractivity (Wildman–Crippen MR) is 69.6 cm³/mol. The Morgan fingerprint density at radius 2 is 2.30 bits per heavy atom. The van der Waals surface area contributed by atoms with Crippen LogP contribution in [-0.2, 0) is 0 Å². The summed E-state index contributed by atoms with van der Waals surface area (Å²) in [6, 6.07) is 5.39. The van der Waals surface area contributed by atoms with Crippen LogP contribution in [0.1, 0.15) is 21.7 Å². The quantitative estimate of drug-likeness (QED) is 0.818. The molecule has 0 aliphatic heterocycles. The number of amides is 1. The molecule has 0 aliphatic carbocycles. The summed E-state index contributed by atoms with van der Waals surface area (Å²) in [4.78, 5) is 11.9. The van der Waals surface area contributed by atoms with E-state index in [1.165, 1.54) is 18.2 Å². The first-order valence-electron chi connectivity index (χ1n) is 5.74. The molecule has 0 aliphatic rings. The molecule has 1 amide bonds. The van der Waals surface area contributed by atoms with Gasteiger partial charge in [0.05, 0.1) is 5.56 Å². The van der Waals surface area contributed by atoms with E-state index in [4.69, 9.17) is 9.63 Å². The molecule has 2 N–H and O–H groups in total. The monoisotopic (exact) mass is 274 g/mol. The SMILES string of the molecule is Cc1cc(NC(=O)c2cc(C#CCO)ccc2F)no1. The van der Waals surface area contributed by atoms with E-state index in [0.717, 1.165) is 6.07 Å². The first kappa shape index (κ1) is 13.8. The van der Waals surface area contributed by atoms with Crippen molar-refractivity contribution in [3.63, 3.8) is 0 Å². The fraction of sp³-hybridized carbons (Fsp3) is 0.143. The van der Waals surface area contributed by atoms with Crippen LogP contribution in [0.3, 0.4) is 0 Å². The summed E-state index contributed by atoms with van der Waals surface area (Å²) in [5.41, 5.74) is 0.275. The van der Waals surface area contributed by atoms with Crippen LogP contribution in [0.25, 0.3) is 0 Å². The van der Waals surface area contributed by atoms with Gasteiger partial charge in [0, 0.05) is 11.6 Å². The molecular formula is C14H11FN2O3. The largest absolute Gasteiger partial charge is 0.384 e. The molecule has 2 aromatic rings. The molecule has 0 unspecified atom stereocenters. The summed E-state index contributed by atoms with van der Waals surface area (Å²) in [6.45, 7) is 1.37. The number of aliphatic hydroxyl groups is 1. The number of halogens is 1. The summed E-state index contributed by atoms with van der Waals surface area (Å²) in [7, 11) is 0. The van der Waals surface area contributed by atoms with Crippen molar-refractivity contribution >= 4 is 11.7 Å². The van der Waals surface area contributed by atoms with Crippen LogP contribution in [0.5, 0.6) is 0 Å². The lowest BCUT2D eigenvalue weighted by Crippen LogP contribution is -2.14. The van der Waals surface area contributed by atoms with E-state index in [-0.39, 0.29) is 18.0 Å². The number of aliphatic hydroxyl groups excluding tert-OH is 1. The molecule has 0 radical (unpaired) electrons. The molecule has 0 saturated carbocycles. The van der Waals surface area contributed by atoms with Crippen molar-refractivity contribution in [1.29, 1.82) is 0 Å². The zero-order valence-electron chi connectivity index (χ0n) is 10.6. The standard InChI is InChI=1S/C14H11FN2O3/c1-9-7-13(17-20-9)16-14(19)11-8-10(3-2-6-18)4-5-12(11)15/h4-5,7-8,18H,6H2,1H3,(H,16,17,19). The van der Waals surface area contributed by atoms with Gasteiger partial charge in [0.2, 0.25) is 0 Å². The fourth-order valence-electron chi connectivity index (χ4n) is 1.53. The van der Waals surface area contributed by atoms with Gasteiger partial charge >= 0.3 is 0 Å². The Kier molecular flexibility index (Phi) is 4.13. The van der Waals surface area contributed by atoms with Gasteiger partial charge in [-0.15, -0.1) is 0 Å². The van der Waals surface area contributed by atoms with Crippen LogP contribution >= 0.6 is 0 Å². The lowest BCUT2D eigenvalue weighted by atomic mass is 10.1. The Labute approximate surface area is 114 Å². The minimum atomic E-state index is -0.669. The maximum atomic E-state index is 13.6. The second kappa shape index (κ2) is 5.99. The highest BCUT2D eigenvalue weighted by Crippen LogP contribution is 2.13. The molecular weight excluding hydrogens is 263 g/mol. The number of carbonyl (C=O) groups excluding carboxylic acids is 1. The zero-order chi connectivity index (χ0) is 14.5. The third-order valence-corrected chi connectivity index (χ3v) is 2.39. The molecule has 20 heavy (non-hydrogen) atoms. The average molecular weight is 274 g/mol. The number of benzene rings is 1. The molecule has 6 heteroatoms. The third-order valence-electron chi connectivity index (χ3n) is 2.39. The number of hydrogen-bond donors (Lipinski definition) is 2. The van der Waals surface area contributed by atoms with E-state index in [9.17, 15) is 9.18 Å². The zero-order valence-corrected chi connectivity index (χ0v) is 10.6. The summed E-state index contributed by atoms with van der Waals surface area (Å²) < 4.78 is 18.4. The van der Waals surface area contributed by atoms with Crippen molar-refractivity contribution in [2.75, 3.05) is 11.9 Å². The Hall–Kier alpha value is -2.65. The van der Waals surface area contributed by atoms with Gasteiger partial charge in [-0.3, -0.25) is 4.79 Å². The minimum Gasteiger partial charge on any atom is -0.384 e. The molecule has 0 bridgehead atoms. The van der Waals surface area contributed by atoms with Crippen LogP contribution in [0.4, 0.5) is 10.2 Å². The number of nitrogens with zero attached hydrogens (tertiary/aromatic N) is 1. The van der Waals surface area contributed by atoms with Crippen molar-refractivity contribution in [3.8, 4) is 11.8 Å². The van der Waals surface area contributed by atoms with Gasteiger partial charge < -0.3 is 14.9 Å². The van der Waals surface area contributed by atoms with Crippen LogP contribution in [-0.4, -0.2) is 22.8 Å². The smallest absolute Gasteiger partial charge is 0.259 e. The normalized spacial score (nSPS) is 9.75. The Bertz CT molecular complexity index is 698. The molecule has 102 valence electrons. The van der Waals surface area contributed by atoms with Gasteiger partial charge in [-0.1, -0.05) is 17.0 Å². The summed E-state index contributed by atoms with van der Waals surface area (Å²) in [5, 5.41) is 14.6. The van der Waals surface area contributed by atoms with E-state index in [1.807, 2.05) is 0 Å². The molecule has 1 aromatic heterocycles. The van der Waals surface area contributed by atoms with Gasteiger partial charge in [0.1, 0.15) is 18.2 Å². The van der Waals surface area contributed by atoms with E-state index >= 15 is 0 Å². The van der Waals surface area contributed by atoms with E-state index < -0.39 is 11.7 Å². The summed E-state index contributed by atoms with van der Waals surface area (Å²) in [5.74, 6) is 4.45. The van der Waals surface area contributed by atoms with Crippen molar-refractivity contribution in [1.82, 2.24) is 5.16 Å². The van der Waals surface area contributed by atoms with Crippen LogP contribution < -0.4 is 5.32 Å². The maximum Gasteiger partial charge on any atom is 0.259 e. The number of carbonyl (C=O) groups is 1. The lowest BCUT2D eigenvalue weighted by Gasteiger charge is -2.03. The third kappa shape index (κ3) is 3.22. The molecule has 2 rings (SSSR count). The van der Waals surface area contributed by atoms with Gasteiger partial charge in [-0.2, -0.15) is 0 Å². The number of aromatic nitrogens is 1. The van der Waals surface area contributed by atoms with Crippen LogP contribution in [0.2, 0.25) is 0 Å². The highest BCUT2D eigenvalue weighted by Gasteiger charge is 2.14. The Balaban J connectivity index is 2.24. The van der Waals surface area contributed by atoms with Crippen molar-refractivity contribution in [2.24, 2.45) is 0 Å². The van der Waals surface area contributed by atoms with E-state index in [0.29, 0.717) is 11.3 Å². The fourth-order valence-corrected chi connectivity index (χ4v) is 1.53. The Morgan fingerprint density at radius 3 is 2.95 bits per heavy atom. The van der Waals surface area contributed by atoms with Gasteiger partial charge in [0.15, 0.2) is 5.82 Å². The van der Waals surface area contributed by atoms with E-state index in [1.54, 1.807) is 6.92 Å². The predicted octanol–water partition coefficient (Wildman–Crippen LogP) is 1.72. The molecule has 0 spiro atoms. The number of aryl methyl sites for hydroxylation is 1. The number of nitrogens with one attached hydrogen (secondary N) is 1. The molecule has 0 atom stereocenters. The van der Waals surface area contributed by atoms with Crippen molar-refractivity contribution < 1.29 is 18.8 Å². The second-order valence-corrected chi connectivity index (χ2v) is 3.93. The molecule has 5 nitrogen and oxygen atoms in total. The minimum absolute atomic E-state index is 0.157. The maximum absolute atomic E-state index is 13.6. The van der Waals surface area contributed by atoms with Crippen molar-refractivity contribution in [3.05, 3.63) is 47.0 Å². The van der Waals surface area contributed by atoms with Gasteiger partial charge in [0.25, 0.3) is 5.91 Å². The molecule has 1 aromatic carbocycles. The van der Waals surface area contributed by atoms with Crippen molar-refractivity contribution in [2.45, 2.75) is 6.92 Å². The Morgan fingerprint density at radius 1 is 1.50 bits per heavy atom. The first-order valence-corrected chi connectivity index (χ1v) is 5.74. The highest BCUT2D eigenvalue weighted by atomic mass is 19.1.